The summed E-state index contributed by atoms with van der Waals surface area (Å²) >= 11 is 3.89. The molecular formula is C13H19N3OS2. The summed E-state index contributed by atoms with van der Waals surface area (Å²) in [5, 5.41) is 10.3. The molecule has 1 aromatic heterocycles. The van der Waals surface area contributed by atoms with Crippen LogP contribution >= 0.6 is 23.5 Å². The summed E-state index contributed by atoms with van der Waals surface area (Å²) in [4.78, 5) is 12.2. The van der Waals surface area contributed by atoms with Crippen molar-refractivity contribution in [1.29, 1.82) is 0 Å². The normalized spacial score (nSPS) is 20.0. The van der Waals surface area contributed by atoms with Gasteiger partial charge in [0.25, 0.3) is 5.91 Å². The first-order chi connectivity index (χ1) is 9.34. The van der Waals surface area contributed by atoms with E-state index in [1.807, 2.05) is 23.5 Å². The monoisotopic (exact) mass is 297 g/mol. The number of hydrogen-bond donors (Lipinski definition) is 2. The minimum absolute atomic E-state index is 0.00164. The van der Waals surface area contributed by atoms with Crippen LogP contribution in [0.15, 0.2) is 0 Å². The van der Waals surface area contributed by atoms with Gasteiger partial charge in [0.1, 0.15) is 0 Å². The number of nitrogens with zero attached hydrogens (tertiary/aromatic N) is 1. The fourth-order valence-electron chi connectivity index (χ4n) is 2.57. The molecule has 2 N–H and O–H groups in total. The van der Waals surface area contributed by atoms with Gasteiger partial charge in [-0.2, -0.15) is 28.6 Å². The number of aromatic amines is 1. The average Bonchev–Trinajstić information content (AvgIpc) is 2.90. The highest BCUT2D eigenvalue weighted by molar-refractivity contribution is 7.99. The molecule has 0 radical (unpaired) electrons. The van der Waals surface area contributed by atoms with E-state index in [9.17, 15) is 4.79 Å². The second-order valence-corrected chi connectivity index (χ2v) is 7.43. The Morgan fingerprint density at radius 1 is 1.32 bits per heavy atom. The summed E-state index contributed by atoms with van der Waals surface area (Å²) in [5.41, 5.74) is 2.89. The molecule has 6 heteroatoms. The van der Waals surface area contributed by atoms with E-state index in [0.717, 1.165) is 35.7 Å². The third kappa shape index (κ3) is 3.11. The third-order valence-corrected chi connectivity index (χ3v) is 5.84. The predicted molar refractivity (Wildman–Crippen MR) is 80.8 cm³/mol. The highest BCUT2D eigenvalue weighted by Gasteiger charge is 2.22. The molecule has 4 nitrogen and oxygen atoms in total. The summed E-state index contributed by atoms with van der Waals surface area (Å²) in [6.45, 7) is 0.800. The van der Waals surface area contributed by atoms with Gasteiger partial charge in [-0.1, -0.05) is 0 Å². The van der Waals surface area contributed by atoms with Gasteiger partial charge in [0, 0.05) is 23.6 Å². The molecule has 0 bridgehead atoms. The average molecular weight is 297 g/mol. The number of nitrogens with one attached hydrogen (secondary N) is 2. The van der Waals surface area contributed by atoms with Crippen molar-refractivity contribution in [3.63, 3.8) is 0 Å². The summed E-state index contributed by atoms with van der Waals surface area (Å²) in [6, 6.07) is 0. The summed E-state index contributed by atoms with van der Waals surface area (Å²) in [5.74, 6) is 5.14. The number of hydrogen-bond acceptors (Lipinski definition) is 4. The van der Waals surface area contributed by atoms with Gasteiger partial charge in [-0.15, -0.1) is 0 Å². The lowest BCUT2D eigenvalue weighted by Crippen LogP contribution is -2.31. The Morgan fingerprint density at radius 2 is 2.16 bits per heavy atom. The van der Waals surface area contributed by atoms with Crippen molar-refractivity contribution in [3.8, 4) is 0 Å². The van der Waals surface area contributed by atoms with Crippen LogP contribution in [-0.2, 0) is 12.2 Å². The van der Waals surface area contributed by atoms with Crippen LogP contribution in [0, 0.1) is 5.92 Å². The van der Waals surface area contributed by atoms with E-state index in [4.69, 9.17) is 0 Å². The fourth-order valence-corrected chi connectivity index (χ4v) is 4.78. The van der Waals surface area contributed by atoms with E-state index >= 15 is 0 Å². The van der Waals surface area contributed by atoms with Crippen LogP contribution in [-0.4, -0.2) is 39.9 Å². The smallest absolute Gasteiger partial charge is 0.272 e. The molecule has 0 atom stereocenters. The lowest BCUT2D eigenvalue weighted by molar-refractivity contribution is 0.0940. The van der Waals surface area contributed by atoms with E-state index in [1.165, 1.54) is 24.3 Å². The molecule has 0 aromatic carbocycles. The minimum atomic E-state index is -0.00164. The third-order valence-electron chi connectivity index (χ3n) is 3.80. The van der Waals surface area contributed by atoms with Gasteiger partial charge in [0.05, 0.1) is 0 Å². The van der Waals surface area contributed by atoms with Gasteiger partial charge >= 0.3 is 0 Å². The molecule has 0 saturated carbocycles. The second-order valence-electron chi connectivity index (χ2n) is 5.10. The van der Waals surface area contributed by atoms with E-state index < -0.39 is 0 Å². The molecule has 19 heavy (non-hydrogen) atoms. The Bertz CT molecular complexity index is 455. The van der Waals surface area contributed by atoms with Crippen molar-refractivity contribution in [2.75, 3.05) is 23.8 Å². The van der Waals surface area contributed by atoms with Gasteiger partial charge in [-0.25, -0.2) is 0 Å². The van der Waals surface area contributed by atoms with Crippen LogP contribution in [0.1, 0.15) is 34.6 Å². The van der Waals surface area contributed by atoms with Gasteiger partial charge in [-0.05, 0) is 42.4 Å². The van der Waals surface area contributed by atoms with E-state index in [-0.39, 0.29) is 5.91 Å². The van der Waals surface area contributed by atoms with Gasteiger partial charge < -0.3 is 5.32 Å². The maximum atomic E-state index is 12.2. The van der Waals surface area contributed by atoms with E-state index in [2.05, 4.69) is 15.5 Å². The zero-order valence-corrected chi connectivity index (χ0v) is 12.5. The topological polar surface area (TPSA) is 57.8 Å². The quantitative estimate of drug-likeness (QED) is 0.897. The number of thioether (sulfide) groups is 2. The molecule has 1 fully saturated rings. The highest BCUT2D eigenvalue weighted by Crippen LogP contribution is 2.26. The molecule has 1 saturated heterocycles. The lowest BCUT2D eigenvalue weighted by Gasteiger charge is -2.21. The Kier molecular flexibility index (Phi) is 4.38. The molecule has 1 amide bonds. The second kappa shape index (κ2) is 6.22. The number of H-pyrrole nitrogens is 1. The first-order valence-corrected chi connectivity index (χ1v) is 9.15. The Balaban J connectivity index is 1.59. The van der Waals surface area contributed by atoms with Crippen LogP contribution < -0.4 is 5.32 Å². The van der Waals surface area contributed by atoms with Crippen molar-refractivity contribution < 1.29 is 4.79 Å². The number of rotatable bonds is 3. The molecule has 2 aliphatic heterocycles. The number of fused-ring (bicyclic) bond motifs is 1. The SMILES string of the molecule is O=C(NCC1CCSCC1)c1n[nH]c2c1CSCC2. The predicted octanol–water partition coefficient (Wildman–Crippen LogP) is 2.07. The molecular weight excluding hydrogens is 278 g/mol. The zero-order chi connectivity index (χ0) is 13.1. The van der Waals surface area contributed by atoms with E-state index in [0.29, 0.717) is 11.6 Å². The van der Waals surface area contributed by atoms with Gasteiger partial charge in [-0.3, -0.25) is 9.89 Å². The van der Waals surface area contributed by atoms with E-state index in [1.54, 1.807) is 0 Å². The number of aromatic nitrogens is 2. The molecule has 3 rings (SSSR count). The summed E-state index contributed by atoms with van der Waals surface area (Å²) in [7, 11) is 0. The first-order valence-electron chi connectivity index (χ1n) is 6.84. The van der Waals surface area contributed by atoms with Gasteiger partial charge in [0.2, 0.25) is 0 Å². The van der Waals surface area contributed by atoms with Crippen LogP contribution in [0.3, 0.4) is 0 Å². The van der Waals surface area contributed by atoms with Crippen LogP contribution in [0.25, 0.3) is 0 Å². The first kappa shape index (κ1) is 13.4. The molecule has 2 aliphatic rings. The highest BCUT2D eigenvalue weighted by atomic mass is 32.2. The minimum Gasteiger partial charge on any atom is -0.350 e. The fraction of sp³-hybridized carbons (Fsp3) is 0.692. The molecule has 1 aromatic rings. The molecule has 0 unspecified atom stereocenters. The number of amides is 1. The Labute approximate surface area is 121 Å². The standard InChI is InChI=1S/C13H19N3OS2/c17-13(14-7-9-1-4-18-5-2-9)12-10-8-19-6-3-11(10)15-16-12/h9H,1-8H2,(H,14,17)(H,15,16). The van der Waals surface area contributed by atoms with Crippen LogP contribution in [0.5, 0.6) is 0 Å². The number of aryl methyl sites for hydroxylation is 1. The summed E-state index contributed by atoms with van der Waals surface area (Å²) in [6.07, 6.45) is 3.44. The van der Waals surface area contributed by atoms with Crippen molar-refractivity contribution in [2.24, 2.45) is 5.92 Å². The zero-order valence-electron chi connectivity index (χ0n) is 10.9. The van der Waals surface area contributed by atoms with Crippen molar-refractivity contribution in [1.82, 2.24) is 15.5 Å². The van der Waals surface area contributed by atoms with Crippen molar-refractivity contribution in [2.45, 2.75) is 25.0 Å². The Morgan fingerprint density at radius 3 is 3.00 bits per heavy atom. The van der Waals surface area contributed by atoms with Crippen molar-refractivity contribution in [3.05, 3.63) is 17.0 Å². The van der Waals surface area contributed by atoms with Crippen LogP contribution in [0.4, 0.5) is 0 Å². The van der Waals surface area contributed by atoms with Crippen molar-refractivity contribution >= 4 is 29.4 Å². The molecule has 0 spiro atoms. The molecule has 104 valence electrons. The largest absolute Gasteiger partial charge is 0.350 e. The Hall–Kier alpha value is -0.620. The summed E-state index contributed by atoms with van der Waals surface area (Å²) < 4.78 is 0. The van der Waals surface area contributed by atoms with Gasteiger partial charge in [0.15, 0.2) is 5.69 Å². The maximum Gasteiger partial charge on any atom is 0.272 e. The number of carbonyl (C=O) groups is 1. The number of carbonyl (C=O) groups excluding carboxylic acids is 1. The lowest BCUT2D eigenvalue weighted by atomic mass is 10.0. The maximum absolute atomic E-state index is 12.2. The van der Waals surface area contributed by atoms with Crippen LogP contribution in [0.2, 0.25) is 0 Å². The molecule has 3 heterocycles. The molecule has 0 aliphatic carbocycles.